The third kappa shape index (κ3) is 3.67. The number of benzene rings is 2. The molecule has 0 saturated carbocycles. The summed E-state index contributed by atoms with van der Waals surface area (Å²) in [6.45, 7) is 0. The Hall–Kier alpha value is -2.38. The third-order valence-electron chi connectivity index (χ3n) is 3.54. The summed E-state index contributed by atoms with van der Waals surface area (Å²) >= 11 is 4.85. The van der Waals surface area contributed by atoms with Gasteiger partial charge in [-0.15, -0.1) is 11.3 Å². The highest BCUT2D eigenvalue weighted by molar-refractivity contribution is 9.10. The van der Waals surface area contributed by atoms with E-state index in [4.69, 9.17) is 4.74 Å². The molecular weight excluding hydrogens is 402 g/mol. The molecule has 25 heavy (non-hydrogen) atoms. The van der Waals surface area contributed by atoms with Crippen LogP contribution in [0, 0.1) is 0 Å². The second-order valence-corrected chi connectivity index (χ2v) is 6.79. The Morgan fingerprint density at radius 2 is 2.00 bits per heavy atom. The van der Waals surface area contributed by atoms with Gasteiger partial charge in [0.1, 0.15) is 0 Å². The molecule has 0 aliphatic carbocycles. The summed E-state index contributed by atoms with van der Waals surface area (Å²) in [5, 5.41) is 16.5. The maximum atomic E-state index is 9.91. The first-order valence-corrected chi connectivity index (χ1v) is 9.11. The lowest BCUT2D eigenvalue weighted by atomic mass is 10.2. The number of halogens is 1. The molecule has 5 nitrogen and oxygen atoms in total. The lowest BCUT2D eigenvalue weighted by molar-refractivity contribution is 0.372. The molecule has 3 aromatic rings. The molecule has 0 amide bonds. The second kappa shape index (κ2) is 7.67. The van der Waals surface area contributed by atoms with Crippen LogP contribution in [0.25, 0.3) is 11.3 Å². The summed E-state index contributed by atoms with van der Waals surface area (Å²) < 4.78 is 7.52. The van der Waals surface area contributed by atoms with E-state index in [9.17, 15) is 5.11 Å². The minimum atomic E-state index is 0.0667. The number of ether oxygens (including phenoxy) is 1. The van der Waals surface area contributed by atoms with Crippen LogP contribution in [-0.4, -0.2) is 30.2 Å². The van der Waals surface area contributed by atoms with Crippen molar-refractivity contribution in [2.24, 2.45) is 10.1 Å². The average Bonchev–Trinajstić information content (AvgIpc) is 3.06. The summed E-state index contributed by atoms with van der Waals surface area (Å²) in [4.78, 5) is 5.08. The Kier molecular flexibility index (Phi) is 5.35. The van der Waals surface area contributed by atoms with Crippen molar-refractivity contribution in [3.05, 3.63) is 62.7 Å². The van der Waals surface area contributed by atoms with Crippen LogP contribution in [0.15, 0.2) is 62.4 Å². The van der Waals surface area contributed by atoms with Crippen LogP contribution in [0.2, 0.25) is 0 Å². The van der Waals surface area contributed by atoms with E-state index in [1.165, 1.54) is 18.4 Å². The van der Waals surface area contributed by atoms with E-state index in [0.717, 1.165) is 21.6 Å². The van der Waals surface area contributed by atoms with Crippen LogP contribution < -0.4 is 9.54 Å². The second-order valence-electron chi connectivity index (χ2n) is 5.10. The van der Waals surface area contributed by atoms with Gasteiger partial charge in [0.25, 0.3) is 0 Å². The van der Waals surface area contributed by atoms with E-state index in [1.54, 1.807) is 30.1 Å². The molecule has 0 aliphatic rings. The van der Waals surface area contributed by atoms with Gasteiger partial charge in [-0.3, -0.25) is 4.99 Å². The van der Waals surface area contributed by atoms with Gasteiger partial charge in [-0.2, -0.15) is 5.10 Å². The van der Waals surface area contributed by atoms with Gasteiger partial charge in [0.15, 0.2) is 11.5 Å². The molecule has 0 radical (unpaired) electrons. The Morgan fingerprint density at radius 3 is 2.68 bits per heavy atom. The van der Waals surface area contributed by atoms with E-state index in [0.29, 0.717) is 10.2 Å². The maximum absolute atomic E-state index is 9.91. The number of phenolic OH excluding ortho intramolecular Hbond substituents is 1. The molecule has 0 unspecified atom stereocenters. The van der Waals surface area contributed by atoms with Crippen LogP contribution in [0.3, 0.4) is 0 Å². The fourth-order valence-electron chi connectivity index (χ4n) is 2.32. The van der Waals surface area contributed by atoms with E-state index >= 15 is 0 Å². The minimum absolute atomic E-state index is 0.0667. The van der Waals surface area contributed by atoms with Gasteiger partial charge >= 0.3 is 0 Å². The molecular formula is C18H16BrN3O2S. The molecule has 0 saturated heterocycles. The van der Waals surface area contributed by atoms with E-state index in [1.807, 2.05) is 35.7 Å². The van der Waals surface area contributed by atoms with Crippen molar-refractivity contribution in [1.29, 1.82) is 0 Å². The fourth-order valence-corrected chi connectivity index (χ4v) is 3.58. The third-order valence-corrected chi connectivity index (χ3v) is 5.05. The summed E-state index contributed by atoms with van der Waals surface area (Å²) in [7, 11) is 3.25. The Morgan fingerprint density at radius 1 is 1.24 bits per heavy atom. The molecule has 7 heteroatoms. The maximum Gasteiger partial charge on any atom is 0.205 e. The standard InChI is InChI=1S/C18H16BrN3O2S/c1-20-18-22(15(11-25-18)13-6-4-3-5-7-13)21-10-12-8-14(19)17(23)16(9-12)24-2/h3-11,23H,1-2H3. The van der Waals surface area contributed by atoms with Gasteiger partial charge in [0, 0.05) is 18.0 Å². The molecule has 1 heterocycles. The quantitative estimate of drug-likeness (QED) is 0.649. The fraction of sp³-hybridized carbons (Fsp3) is 0.111. The lowest BCUT2D eigenvalue weighted by Gasteiger charge is -2.07. The largest absolute Gasteiger partial charge is 0.503 e. The molecule has 0 atom stereocenters. The molecule has 128 valence electrons. The van der Waals surface area contributed by atoms with Crippen molar-refractivity contribution in [2.45, 2.75) is 0 Å². The van der Waals surface area contributed by atoms with Crippen LogP contribution >= 0.6 is 27.3 Å². The van der Waals surface area contributed by atoms with E-state index < -0.39 is 0 Å². The number of thiazole rings is 1. The van der Waals surface area contributed by atoms with Crippen molar-refractivity contribution in [3.8, 4) is 22.8 Å². The zero-order valence-corrected chi connectivity index (χ0v) is 16.1. The number of methoxy groups -OCH3 is 1. The van der Waals surface area contributed by atoms with Gasteiger partial charge in [0.05, 0.1) is 23.5 Å². The number of aromatic nitrogens is 1. The van der Waals surface area contributed by atoms with Gasteiger partial charge in [0.2, 0.25) is 4.80 Å². The topological polar surface area (TPSA) is 59.1 Å². The molecule has 0 bridgehead atoms. The zero-order valence-electron chi connectivity index (χ0n) is 13.7. The monoisotopic (exact) mass is 417 g/mol. The number of nitrogens with zero attached hydrogens (tertiary/aromatic N) is 3. The van der Waals surface area contributed by atoms with Gasteiger partial charge in [-0.25, -0.2) is 4.68 Å². The van der Waals surface area contributed by atoms with Gasteiger partial charge < -0.3 is 9.84 Å². The molecule has 0 aliphatic heterocycles. The highest BCUT2D eigenvalue weighted by Gasteiger charge is 2.09. The first kappa shape index (κ1) is 17.4. The average molecular weight is 418 g/mol. The Bertz CT molecular complexity index is 978. The summed E-state index contributed by atoms with van der Waals surface area (Å²) in [5.41, 5.74) is 2.82. The molecule has 3 rings (SSSR count). The van der Waals surface area contributed by atoms with E-state index in [2.05, 4.69) is 26.0 Å². The lowest BCUT2D eigenvalue weighted by Crippen LogP contribution is -2.11. The van der Waals surface area contributed by atoms with Crippen molar-refractivity contribution in [3.63, 3.8) is 0 Å². The van der Waals surface area contributed by atoms with Crippen LogP contribution in [0.1, 0.15) is 5.56 Å². The highest BCUT2D eigenvalue weighted by Crippen LogP contribution is 2.34. The molecule has 0 fully saturated rings. The SMILES string of the molecule is CN=c1scc(-c2ccccc2)n1N=Cc1cc(Br)c(O)c(OC)c1. The number of aromatic hydroxyl groups is 1. The zero-order chi connectivity index (χ0) is 17.8. The number of rotatable bonds is 4. The van der Waals surface area contributed by atoms with E-state index in [-0.39, 0.29) is 5.75 Å². The Labute approximate surface area is 157 Å². The molecule has 0 spiro atoms. The number of phenols is 1. The first-order valence-electron chi connectivity index (χ1n) is 7.43. The van der Waals surface area contributed by atoms with Crippen LogP contribution in [0.4, 0.5) is 0 Å². The van der Waals surface area contributed by atoms with Crippen molar-refractivity contribution >= 4 is 33.5 Å². The first-order chi connectivity index (χ1) is 12.1. The summed E-state index contributed by atoms with van der Waals surface area (Å²) in [5.74, 6) is 0.451. The van der Waals surface area contributed by atoms with Crippen molar-refractivity contribution in [1.82, 2.24) is 4.68 Å². The van der Waals surface area contributed by atoms with Crippen LogP contribution in [-0.2, 0) is 0 Å². The van der Waals surface area contributed by atoms with Gasteiger partial charge in [-0.05, 0) is 33.6 Å². The molecule has 1 N–H and O–H groups in total. The normalized spacial score (nSPS) is 12.0. The predicted octanol–water partition coefficient (Wildman–Crippen LogP) is 4.11. The predicted molar refractivity (Wildman–Crippen MR) is 105 cm³/mol. The number of hydrogen-bond acceptors (Lipinski definition) is 5. The van der Waals surface area contributed by atoms with Crippen molar-refractivity contribution in [2.75, 3.05) is 14.2 Å². The number of hydrogen-bond donors (Lipinski definition) is 1. The molecule has 2 aromatic carbocycles. The smallest absolute Gasteiger partial charge is 0.205 e. The van der Waals surface area contributed by atoms with Gasteiger partial charge in [-0.1, -0.05) is 30.3 Å². The highest BCUT2D eigenvalue weighted by atomic mass is 79.9. The molecule has 1 aromatic heterocycles. The van der Waals surface area contributed by atoms with Crippen LogP contribution in [0.5, 0.6) is 11.5 Å². The minimum Gasteiger partial charge on any atom is -0.503 e. The van der Waals surface area contributed by atoms with Crippen molar-refractivity contribution < 1.29 is 9.84 Å². The summed E-state index contributed by atoms with van der Waals surface area (Å²) in [6, 6.07) is 13.5. The summed E-state index contributed by atoms with van der Waals surface area (Å²) in [6.07, 6.45) is 1.71. The Balaban J connectivity index is 2.05.